The van der Waals surface area contributed by atoms with Crippen molar-refractivity contribution in [3.05, 3.63) is 10.2 Å². The molecule has 0 bridgehead atoms. The molecule has 1 aliphatic rings. The second kappa shape index (κ2) is 2.49. The van der Waals surface area contributed by atoms with Crippen LogP contribution in [0, 0.1) is 11.3 Å². The largest absolute Gasteiger partial charge is 0.383 e. The minimum absolute atomic E-state index is 0.420. The van der Waals surface area contributed by atoms with E-state index in [-0.39, 0.29) is 0 Å². The number of hydrogen-bond acceptors (Lipinski definition) is 3. The average Bonchev–Trinajstić information content (AvgIpc) is 2.80. The zero-order valence-corrected chi connectivity index (χ0v) is 7.87. The van der Waals surface area contributed by atoms with Gasteiger partial charge in [0.1, 0.15) is 22.1 Å². The number of nitriles is 1. The highest BCUT2D eigenvalue weighted by atomic mass is 79.9. The number of aromatic nitrogens is 2. The molecule has 1 aromatic heterocycles. The van der Waals surface area contributed by atoms with Crippen LogP contribution in [0.1, 0.15) is 24.4 Å². The molecule has 1 heterocycles. The zero-order chi connectivity index (χ0) is 8.72. The molecule has 4 nitrogen and oxygen atoms in total. The third-order valence-corrected chi connectivity index (χ3v) is 2.46. The van der Waals surface area contributed by atoms with Gasteiger partial charge in [-0.1, -0.05) is 0 Å². The van der Waals surface area contributed by atoms with Gasteiger partial charge in [-0.25, -0.2) is 4.68 Å². The van der Waals surface area contributed by atoms with Gasteiger partial charge in [-0.05, 0) is 28.8 Å². The van der Waals surface area contributed by atoms with Crippen LogP contribution in [0.2, 0.25) is 0 Å². The quantitative estimate of drug-likeness (QED) is 0.789. The fourth-order valence-corrected chi connectivity index (χ4v) is 1.58. The van der Waals surface area contributed by atoms with Gasteiger partial charge < -0.3 is 5.73 Å². The van der Waals surface area contributed by atoms with Crippen LogP contribution in [0.25, 0.3) is 0 Å². The molecule has 0 spiro atoms. The second-order valence-electron chi connectivity index (χ2n) is 2.84. The van der Waals surface area contributed by atoms with Gasteiger partial charge in [0.05, 0.1) is 6.04 Å². The van der Waals surface area contributed by atoms with E-state index in [0.717, 1.165) is 12.8 Å². The zero-order valence-electron chi connectivity index (χ0n) is 6.29. The first-order valence-electron chi connectivity index (χ1n) is 3.67. The lowest BCUT2D eigenvalue weighted by atomic mass is 10.4. The monoisotopic (exact) mass is 226 g/mol. The molecular formula is C7H7BrN4. The van der Waals surface area contributed by atoms with Gasteiger partial charge in [0, 0.05) is 0 Å². The molecule has 12 heavy (non-hydrogen) atoms. The van der Waals surface area contributed by atoms with E-state index in [0.29, 0.717) is 22.0 Å². The van der Waals surface area contributed by atoms with Crippen molar-refractivity contribution >= 4 is 21.7 Å². The molecule has 0 amide bonds. The minimum atomic E-state index is 0.420. The molecule has 0 unspecified atom stereocenters. The van der Waals surface area contributed by atoms with Crippen LogP contribution in [0.4, 0.5) is 5.82 Å². The maximum Gasteiger partial charge on any atom is 0.148 e. The van der Waals surface area contributed by atoms with Crippen molar-refractivity contribution in [3.8, 4) is 6.07 Å². The molecule has 1 aromatic rings. The SMILES string of the molecule is N#Cc1c(Br)nn(C2CC2)c1N. The predicted molar refractivity (Wildman–Crippen MR) is 47.3 cm³/mol. The van der Waals surface area contributed by atoms with Crippen LogP contribution in [-0.2, 0) is 0 Å². The Bertz CT molecular complexity index is 358. The Labute approximate surface area is 78.1 Å². The van der Waals surface area contributed by atoms with Crippen molar-refractivity contribution in [3.63, 3.8) is 0 Å². The highest BCUT2D eigenvalue weighted by molar-refractivity contribution is 9.10. The van der Waals surface area contributed by atoms with Gasteiger partial charge >= 0.3 is 0 Å². The topological polar surface area (TPSA) is 67.6 Å². The third kappa shape index (κ3) is 0.994. The third-order valence-electron chi connectivity index (χ3n) is 1.91. The van der Waals surface area contributed by atoms with Crippen molar-refractivity contribution in [2.75, 3.05) is 5.73 Å². The molecule has 62 valence electrons. The molecule has 1 fully saturated rings. The van der Waals surface area contributed by atoms with Crippen molar-refractivity contribution in [2.45, 2.75) is 18.9 Å². The molecule has 0 saturated heterocycles. The fraction of sp³-hybridized carbons (Fsp3) is 0.429. The molecule has 0 atom stereocenters. The second-order valence-corrected chi connectivity index (χ2v) is 3.59. The molecule has 1 aliphatic carbocycles. The lowest BCUT2D eigenvalue weighted by Gasteiger charge is -1.98. The Balaban J connectivity index is 2.51. The van der Waals surface area contributed by atoms with Crippen LogP contribution in [0.15, 0.2) is 4.60 Å². The van der Waals surface area contributed by atoms with Crippen molar-refractivity contribution in [2.24, 2.45) is 0 Å². The van der Waals surface area contributed by atoms with Gasteiger partial charge in [-0.3, -0.25) is 0 Å². The van der Waals surface area contributed by atoms with Crippen LogP contribution < -0.4 is 5.73 Å². The molecular weight excluding hydrogens is 220 g/mol. The van der Waals surface area contributed by atoms with Crippen molar-refractivity contribution in [1.29, 1.82) is 5.26 Å². The summed E-state index contributed by atoms with van der Waals surface area (Å²) in [6.07, 6.45) is 2.23. The summed E-state index contributed by atoms with van der Waals surface area (Å²) in [4.78, 5) is 0. The Morgan fingerprint density at radius 2 is 2.33 bits per heavy atom. The normalized spacial score (nSPS) is 16.0. The Morgan fingerprint density at radius 1 is 1.67 bits per heavy atom. The summed E-state index contributed by atoms with van der Waals surface area (Å²) in [5, 5.41) is 12.8. The number of nitrogen functional groups attached to an aromatic ring is 1. The molecule has 0 radical (unpaired) electrons. The van der Waals surface area contributed by atoms with Crippen LogP contribution in [-0.4, -0.2) is 9.78 Å². The standard InChI is InChI=1S/C7H7BrN4/c8-6-5(3-9)7(10)12(11-6)4-1-2-4/h4H,1-2,10H2. The van der Waals surface area contributed by atoms with Gasteiger partial charge in [0.25, 0.3) is 0 Å². The van der Waals surface area contributed by atoms with E-state index in [4.69, 9.17) is 11.0 Å². The smallest absolute Gasteiger partial charge is 0.148 e. The van der Waals surface area contributed by atoms with Crippen LogP contribution in [0.5, 0.6) is 0 Å². The van der Waals surface area contributed by atoms with Gasteiger partial charge in [0.2, 0.25) is 0 Å². The average molecular weight is 227 g/mol. The summed E-state index contributed by atoms with van der Waals surface area (Å²) in [5.41, 5.74) is 6.15. The first-order valence-corrected chi connectivity index (χ1v) is 4.47. The summed E-state index contributed by atoms with van der Waals surface area (Å²) in [5.74, 6) is 0.479. The lowest BCUT2D eigenvalue weighted by molar-refractivity contribution is 0.647. The summed E-state index contributed by atoms with van der Waals surface area (Å²) >= 11 is 3.19. The summed E-state index contributed by atoms with van der Waals surface area (Å²) in [6, 6.07) is 2.43. The van der Waals surface area contributed by atoms with Crippen LogP contribution in [0.3, 0.4) is 0 Å². The molecule has 5 heteroatoms. The number of anilines is 1. The Kier molecular flexibility index (Phi) is 1.58. The maximum atomic E-state index is 8.70. The van der Waals surface area contributed by atoms with Gasteiger partial charge in [0.15, 0.2) is 0 Å². The van der Waals surface area contributed by atoms with E-state index in [9.17, 15) is 0 Å². The lowest BCUT2D eigenvalue weighted by Crippen LogP contribution is -2.02. The minimum Gasteiger partial charge on any atom is -0.383 e. The van der Waals surface area contributed by atoms with E-state index in [2.05, 4.69) is 21.0 Å². The molecule has 2 N–H and O–H groups in total. The number of nitrogens with two attached hydrogens (primary N) is 1. The predicted octanol–water partition coefficient (Wildman–Crippen LogP) is 1.43. The number of rotatable bonds is 1. The molecule has 0 aliphatic heterocycles. The maximum absolute atomic E-state index is 8.70. The molecule has 0 aromatic carbocycles. The number of hydrogen-bond donors (Lipinski definition) is 1. The molecule has 2 rings (SSSR count). The van der Waals surface area contributed by atoms with Crippen molar-refractivity contribution < 1.29 is 0 Å². The van der Waals surface area contributed by atoms with Gasteiger partial charge in [-0.15, -0.1) is 0 Å². The van der Waals surface area contributed by atoms with Crippen LogP contribution >= 0.6 is 15.9 Å². The summed E-state index contributed by atoms with van der Waals surface area (Å²) in [7, 11) is 0. The Morgan fingerprint density at radius 3 is 2.75 bits per heavy atom. The van der Waals surface area contributed by atoms with E-state index >= 15 is 0 Å². The number of halogens is 1. The first-order chi connectivity index (χ1) is 5.74. The van der Waals surface area contributed by atoms with Gasteiger partial charge in [-0.2, -0.15) is 10.4 Å². The first kappa shape index (κ1) is 7.62. The summed E-state index contributed by atoms with van der Waals surface area (Å²) < 4.78 is 2.28. The molecule has 1 saturated carbocycles. The summed E-state index contributed by atoms with van der Waals surface area (Å²) in [6.45, 7) is 0. The van der Waals surface area contributed by atoms with E-state index in [1.165, 1.54) is 0 Å². The van der Waals surface area contributed by atoms with E-state index < -0.39 is 0 Å². The van der Waals surface area contributed by atoms with E-state index in [1.807, 2.05) is 6.07 Å². The van der Waals surface area contributed by atoms with Crippen molar-refractivity contribution in [1.82, 2.24) is 9.78 Å². The van der Waals surface area contributed by atoms with E-state index in [1.54, 1.807) is 4.68 Å². The Hall–Kier alpha value is -1.02. The highest BCUT2D eigenvalue weighted by Gasteiger charge is 2.28. The number of nitrogens with zero attached hydrogens (tertiary/aromatic N) is 3. The highest BCUT2D eigenvalue weighted by Crippen LogP contribution is 2.38. The fourth-order valence-electron chi connectivity index (χ4n) is 1.12.